The molecule has 0 fully saturated rings. The van der Waals surface area contributed by atoms with E-state index in [-0.39, 0.29) is 5.91 Å². The van der Waals surface area contributed by atoms with Gasteiger partial charge in [-0.15, -0.1) is 0 Å². The smallest absolute Gasteiger partial charge is 0.259 e. The van der Waals surface area contributed by atoms with Crippen LogP contribution in [0.5, 0.6) is 5.75 Å². The third kappa shape index (κ3) is 2.93. The molecule has 0 saturated carbocycles. The second kappa shape index (κ2) is 6.49. The van der Waals surface area contributed by atoms with Crippen LogP contribution < -0.4 is 10.1 Å². The molecule has 0 bridgehead atoms. The van der Waals surface area contributed by atoms with Crippen molar-refractivity contribution in [3.8, 4) is 5.75 Å². The average molecular weight is 341 g/mol. The molecule has 0 aliphatic rings. The number of nitrogens with one attached hydrogen (secondary N) is 1. The maximum atomic E-state index is 12.7. The number of rotatable bonds is 3. The van der Waals surface area contributed by atoms with Crippen LogP contribution in [0.1, 0.15) is 21.6 Å². The fraction of sp³-hybridized carbons (Fsp3) is 0.158. The predicted molar refractivity (Wildman–Crippen MR) is 97.2 cm³/mol. The minimum Gasteiger partial charge on any atom is -0.496 e. The van der Waals surface area contributed by atoms with Gasteiger partial charge in [-0.05, 0) is 49.7 Å². The third-order valence-electron chi connectivity index (χ3n) is 3.90. The van der Waals surface area contributed by atoms with Crippen molar-refractivity contribution in [2.45, 2.75) is 13.8 Å². The molecule has 0 spiro atoms. The average Bonchev–Trinajstić information content (AvgIpc) is 2.58. The maximum Gasteiger partial charge on any atom is 0.259 e. The van der Waals surface area contributed by atoms with Crippen LogP contribution in [0.4, 0.5) is 5.69 Å². The monoisotopic (exact) mass is 340 g/mol. The van der Waals surface area contributed by atoms with Crippen molar-refractivity contribution >= 4 is 34.1 Å². The first-order valence-electron chi connectivity index (χ1n) is 7.52. The summed E-state index contributed by atoms with van der Waals surface area (Å²) >= 11 is 6.19. The molecule has 1 N–H and O–H groups in total. The first-order valence-corrected chi connectivity index (χ1v) is 7.90. The molecular formula is C19H17ClN2O2. The van der Waals surface area contributed by atoms with E-state index in [4.69, 9.17) is 16.3 Å². The minimum absolute atomic E-state index is 0.230. The van der Waals surface area contributed by atoms with Gasteiger partial charge in [0.15, 0.2) is 0 Å². The molecule has 5 heteroatoms. The molecule has 2 aromatic carbocycles. The first-order chi connectivity index (χ1) is 11.5. The number of pyridine rings is 1. The number of nitrogens with zero attached hydrogens (tertiary/aromatic N) is 1. The van der Waals surface area contributed by atoms with E-state index in [0.717, 1.165) is 22.2 Å². The minimum atomic E-state index is -0.230. The summed E-state index contributed by atoms with van der Waals surface area (Å²) in [5.74, 6) is 0.302. The highest BCUT2D eigenvalue weighted by atomic mass is 35.5. The van der Waals surface area contributed by atoms with E-state index in [1.165, 1.54) is 0 Å². The Kier molecular flexibility index (Phi) is 4.40. The lowest BCUT2D eigenvalue weighted by Gasteiger charge is -2.13. The van der Waals surface area contributed by atoms with E-state index in [1.54, 1.807) is 25.3 Å². The zero-order chi connectivity index (χ0) is 17.3. The zero-order valence-electron chi connectivity index (χ0n) is 13.7. The lowest BCUT2D eigenvalue weighted by molar-refractivity contribution is 0.102. The Bertz CT molecular complexity index is 938. The van der Waals surface area contributed by atoms with Gasteiger partial charge in [-0.25, -0.2) is 0 Å². The molecule has 3 aromatic rings. The molecule has 0 atom stereocenters. The molecule has 122 valence electrons. The second-order valence-corrected chi connectivity index (χ2v) is 5.94. The molecule has 0 saturated heterocycles. The summed E-state index contributed by atoms with van der Waals surface area (Å²) in [6.07, 6.45) is 0. The Balaban J connectivity index is 2.07. The number of halogens is 1. The maximum absolute atomic E-state index is 12.7. The van der Waals surface area contributed by atoms with Crippen LogP contribution >= 0.6 is 11.6 Å². The van der Waals surface area contributed by atoms with Crippen molar-refractivity contribution in [1.29, 1.82) is 0 Å². The van der Waals surface area contributed by atoms with E-state index in [2.05, 4.69) is 10.3 Å². The normalized spacial score (nSPS) is 10.7. The van der Waals surface area contributed by atoms with E-state index >= 15 is 0 Å². The van der Waals surface area contributed by atoms with Crippen molar-refractivity contribution in [2.75, 3.05) is 12.4 Å². The van der Waals surface area contributed by atoms with Crippen molar-refractivity contribution in [3.63, 3.8) is 0 Å². The quantitative estimate of drug-likeness (QED) is 0.747. The van der Waals surface area contributed by atoms with Gasteiger partial charge in [0.2, 0.25) is 0 Å². The molecule has 1 heterocycles. The summed E-state index contributed by atoms with van der Waals surface area (Å²) < 4.78 is 5.26. The van der Waals surface area contributed by atoms with E-state index < -0.39 is 0 Å². The predicted octanol–water partition coefficient (Wildman–Crippen LogP) is 4.77. The lowest BCUT2D eigenvalue weighted by atomic mass is 10.1. The molecule has 24 heavy (non-hydrogen) atoms. The van der Waals surface area contributed by atoms with Crippen molar-refractivity contribution in [1.82, 2.24) is 4.98 Å². The summed E-state index contributed by atoms with van der Waals surface area (Å²) in [4.78, 5) is 17.2. The number of hydrogen-bond donors (Lipinski definition) is 1. The number of aromatic nitrogens is 1. The van der Waals surface area contributed by atoms with Crippen LogP contribution in [0.2, 0.25) is 5.02 Å². The molecule has 1 amide bonds. The largest absolute Gasteiger partial charge is 0.496 e. The number of para-hydroxylation sites is 1. The SMILES string of the molecule is COc1ccccc1C(=O)Nc1cc(C)nc2c(C)c(Cl)ccc12. The van der Waals surface area contributed by atoms with Crippen molar-refractivity contribution in [2.24, 2.45) is 0 Å². The second-order valence-electron chi connectivity index (χ2n) is 5.53. The first kappa shape index (κ1) is 16.3. The Morgan fingerprint density at radius 1 is 1.17 bits per heavy atom. The summed E-state index contributed by atoms with van der Waals surface area (Å²) in [6.45, 7) is 3.81. The number of carbonyl (C=O) groups is 1. The molecular weight excluding hydrogens is 324 g/mol. The van der Waals surface area contributed by atoms with Gasteiger partial charge in [-0.1, -0.05) is 23.7 Å². The van der Waals surface area contributed by atoms with Gasteiger partial charge >= 0.3 is 0 Å². The van der Waals surface area contributed by atoms with Crippen LogP contribution in [0.3, 0.4) is 0 Å². The summed E-state index contributed by atoms with van der Waals surface area (Å²) in [7, 11) is 1.55. The molecule has 0 aliphatic carbocycles. The summed E-state index contributed by atoms with van der Waals surface area (Å²) in [5.41, 5.74) is 3.67. The highest BCUT2D eigenvalue weighted by Crippen LogP contribution is 2.30. The number of benzene rings is 2. The Labute approximate surface area is 145 Å². The van der Waals surface area contributed by atoms with Gasteiger partial charge in [-0.3, -0.25) is 9.78 Å². The summed E-state index contributed by atoms with van der Waals surface area (Å²) in [5, 5.41) is 4.47. The zero-order valence-corrected chi connectivity index (χ0v) is 14.4. The van der Waals surface area contributed by atoms with Gasteiger partial charge in [0.25, 0.3) is 5.91 Å². The lowest BCUT2D eigenvalue weighted by Crippen LogP contribution is -2.14. The molecule has 0 radical (unpaired) electrons. The van der Waals surface area contributed by atoms with Crippen LogP contribution in [-0.4, -0.2) is 18.0 Å². The third-order valence-corrected chi connectivity index (χ3v) is 4.31. The number of methoxy groups -OCH3 is 1. The Hall–Kier alpha value is -2.59. The van der Waals surface area contributed by atoms with Crippen LogP contribution in [-0.2, 0) is 0 Å². The fourth-order valence-corrected chi connectivity index (χ4v) is 2.81. The van der Waals surface area contributed by atoms with E-state index in [0.29, 0.717) is 22.0 Å². The van der Waals surface area contributed by atoms with Crippen molar-refractivity contribution in [3.05, 3.63) is 64.3 Å². The number of carbonyl (C=O) groups excluding carboxylic acids is 1. The number of fused-ring (bicyclic) bond motifs is 1. The number of ether oxygens (including phenoxy) is 1. The number of hydrogen-bond acceptors (Lipinski definition) is 3. The number of aryl methyl sites for hydroxylation is 2. The molecule has 0 aliphatic heterocycles. The summed E-state index contributed by atoms with van der Waals surface area (Å²) in [6, 6.07) is 12.7. The molecule has 1 aromatic heterocycles. The highest BCUT2D eigenvalue weighted by molar-refractivity contribution is 6.32. The van der Waals surface area contributed by atoms with Gasteiger partial charge in [0.1, 0.15) is 5.75 Å². The Morgan fingerprint density at radius 2 is 1.92 bits per heavy atom. The van der Waals surface area contributed by atoms with Gasteiger partial charge in [-0.2, -0.15) is 0 Å². The van der Waals surface area contributed by atoms with E-state index in [9.17, 15) is 4.79 Å². The topological polar surface area (TPSA) is 51.2 Å². The van der Waals surface area contributed by atoms with Gasteiger partial charge in [0, 0.05) is 16.1 Å². The van der Waals surface area contributed by atoms with Gasteiger partial charge < -0.3 is 10.1 Å². The number of amides is 1. The van der Waals surface area contributed by atoms with E-state index in [1.807, 2.05) is 38.1 Å². The molecule has 0 unspecified atom stereocenters. The molecule has 3 rings (SSSR count). The van der Waals surface area contributed by atoms with Crippen LogP contribution in [0, 0.1) is 13.8 Å². The van der Waals surface area contributed by atoms with Crippen LogP contribution in [0.15, 0.2) is 42.5 Å². The Morgan fingerprint density at radius 3 is 2.67 bits per heavy atom. The number of anilines is 1. The van der Waals surface area contributed by atoms with Gasteiger partial charge in [0.05, 0.1) is 23.9 Å². The fourth-order valence-electron chi connectivity index (χ4n) is 2.66. The van der Waals surface area contributed by atoms with Crippen molar-refractivity contribution < 1.29 is 9.53 Å². The standard InChI is InChI=1S/C19H17ClN2O2/c1-11-10-16(13-8-9-15(20)12(2)18(13)21-11)22-19(23)14-6-4-5-7-17(14)24-3/h4-10H,1-3H3,(H,21,22,23). The molecule has 4 nitrogen and oxygen atoms in total. The van der Waals surface area contributed by atoms with Crippen LogP contribution in [0.25, 0.3) is 10.9 Å². The highest BCUT2D eigenvalue weighted by Gasteiger charge is 2.15.